The Labute approximate surface area is 195 Å². The van der Waals surface area contributed by atoms with E-state index in [0.29, 0.717) is 23.7 Å². The van der Waals surface area contributed by atoms with Crippen LogP contribution in [0.4, 0.5) is 25.1 Å². The van der Waals surface area contributed by atoms with Crippen molar-refractivity contribution in [2.24, 2.45) is 11.8 Å². The Morgan fingerprint density at radius 2 is 1.82 bits per heavy atom. The van der Waals surface area contributed by atoms with E-state index in [-0.39, 0.29) is 23.6 Å². The summed E-state index contributed by atoms with van der Waals surface area (Å²) < 4.78 is 39.6. The highest BCUT2D eigenvalue weighted by atomic mass is 31.0. The molecule has 0 amide bonds. The van der Waals surface area contributed by atoms with E-state index >= 15 is 0 Å². The van der Waals surface area contributed by atoms with Crippen molar-refractivity contribution in [1.82, 2.24) is 19.9 Å². The van der Waals surface area contributed by atoms with E-state index in [1.807, 2.05) is 6.08 Å². The maximum atomic E-state index is 13.2. The van der Waals surface area contributed by atoms with Crippen molar-refractivity contribution in [3.63, 3.8) is 0 Å². The molecule has 2 heterocycles. The van der Waals surface area contributed by atoms with Gasteiger partial charge >= 0.3 is 6.18 Å². The van der Waals surface area contributed by atoms with Crippen LogP contribution in [0.1, 0.15) is 51.6 Å². The zero-order valence-electron chi connectivity index (χ0n) is 19.1. The van der Waals surface area contributed by atoms with E-state index in [0.717, 1.165) is 44.3 Å². The van der Waals surface area contributed by atoms with Crippen molar-refractivity contribution in [3.8, 4) is 11.5 Å². The molecular formula is C23H32F3N6P. The molecule has 4 atom stereocenters. The molecule has 180 valence electrons. The molecule has 1 aliphatic rings. The second-order valence-electron chi connectivity index (χ2n) is 8.63. The SMILES string of the molecule is C=CCCCC(CP)C(C)Nc1nc(N[C@H](C)C2CC2)nc(-c2cccc(C(F)(F)F)n2)n1. The monoisotopic (exact) mass is 480 g/mol. The van der Waals surface area contributed by atoms with Crippen molar-refractivity contribution < 1.29 is 13.2 Å². The zero-order valence-corrected chi connectivity index (χ0v) is 20.2. The largest absolute Gasteiger partial charge is 0.433 e. The summed E-state index contributed by atoms with van der Waals surface area (Å²) in [6.45, 7) is 7.90. The summed E-state index contributed by atoms with van der Waals surface area (Å²) in [6.07, 6.45) is 3.57. The van der Waals surface area contributed by atoms with Crippen LogP contribution in [0.5, 0.6) is 0 Å². The molecule has 2 aromatic rings. The first-order chi connectivity index (χ1) is 15.7. The lowest BCUT2D eigenvalue weighted by Crippen LogP contribution is -2.29. The number of unbranched alkanes of at least 4 members (excludes halogenated alkanes) is 1. The molecular weight excluding hydrogens is 448 g/mol. The Morgan fingerprint density at radius 1 is 1.12 bits per heavy atom. The molecule has 0 saturated heterocycles. The fraction of sp³-hybridized carbons (Fsp3) is 0.565. The molecule has 3 rings (SSSR count). The van der Waals surface area contributed by atoms with Crippen molar-refractivity contribution in [1.29, 1.82) is 0 Å². The van der Waals surface area contributed by atoms with E-state index in [1.54, 1.807) is 0 Å². The molecule has 10 heteroatoms. The van der Waals surface area contributed by atoms with Gasteiger partial charge in [0.1, 0.15) is 11.4 Å². The van der Waals surface area contributed by atoms with E-state index in [1.165, 1.54) is 12.1 Å². The summed E-state index contributed by atoms with van der Waals surface area (Å²) in [6, 6.07) is 3.96. The lowest BCUT2D eigenvalue weighted by Gasteiger charge is -2.24. The molecule has 0 spiro atoms. The molecule has 2 N–H and O–H groups in total. The molecule has 0 aliphatic heterocycles. The zero-order chi connectivity index (χ0) is 24.0. The summed E-state index contributed by atoms with van der Waals surface area (Å²) in [4.78, 5) is 17.1. The summed E-state index contributed by atoms with van der Waals surface area (Å²) in [5.41, 5.74) is -0.923. The molecule has 0 radical (unpaired) electrons. The molecule has 33 heavy (non-hydrogen) atoms. The van der Waals surface area contributed by atoms with Crippen LogP contribution < -0.4 is 10.6 Å². The van der Waals surface area contributed by atoms with Crippen molar-refractivity contribution in [2.75, 3.05) is 16.8 Å². The Kier molecular flexibility index (Phi) is 8.63. The molecule has 0 bridgehead atoms. The van der Waals surface area contributed by atoms with E-state index in [4.69, 9.17) is 0 Å². The minimum atomic E-state index is -4.54. The first-order valence-electron chi connectivity index (χ1n) is 11.4. The number of allylic oxidation sites excluding steroid dienone is 1. The average molecular weight is 481 g/mol. The second-order valence-corrected chi connectivity index (χ2v) is 9.10. The van der Waals surface area contributed by atoms with Crippen LogP contribution in [0.2, 0.25) is 0 Å². The number of nitrogens with one attached hydrogen (secondary N) is 2. The third-order valence-corrected chi connectivity index (χ3v) is 6.55. The van der Waals surface area contributed by atoms with Crippen LogP contribution in [-0.2, 0) is 6.18 Å². The van der Waals surface area contributed by atoms with Gasteiger partial charge in [0.2, 0.25) is 11.9 Å². The lowest BCUT2D eigenvalue weighted by molar-refractivity contribution is -0.141. The topological polar surface area (TPSA) is 75.6 Å². The van der Waals surface area contributed by atoms with Crippen LogP contribution >= 0.6 is 9.24 Å². The van der Waals surface area contributed by atoms with Gasteiger partial charge in [-0.15, -0.1) is 15.8 Å². The Balaban J connectivity index is 1.88. The predicted octanol–water partition coefficient (Wildman–Crippen LogP) is 5.81. The second kappa shape index (κ2) is 11.2. The van der Waals surface area contributed by atoms with Gasteiger partial charge in [-0.25, -0.2) is 4.98 Å². The molecule has 3 unspecified atom stereocenters. The van der Waals surface area contributed by atoms with Gasteiger partial charge in [0.15, 0.2) is 5.82 Å². The van der Waals surface area contributed by atoms with Crippen molar-refractivity contribution in [3.05, 3.63) is 36.5 Å². The van der Waals surface area contributed by atoms with Gasteiger partial charge in [-0.3, -0.25) is 0 Å². The smallest absolute Gasteiger partial charge is 0.351 e. The molecule has 6 nitrogen and oxygen atoms in total. The Hall–Kier alpha value is -2.28. The number of hydrogen-bond donors (Lipinski definition) is 2. The van der Waals surface area contributed by atoms with Gasteiger partial charge in [0.05, 0.1) is 0 Å². The molecule has 1 aliphatic carbocycles. The van der Waals surface area contributed by atoms with Crippen LogP contribution in [0.3, 0.4) is 0 Å². The number of rotatable bonds is 12. The van der Waals surface area contributed by atoms with Gasteiger partial charge in [-0.05, 0) is 76.1 Å². The normalized spacial score (nSPS) is 16.7. The maximum Gasteiger partial charge on any atom is 0.433 e. The highest BCUT2D eigenvalue weighted by Gasteiger charge is 2.33. The van der Waals surface area contributed by atoms with Crippen LogP contribution in [0.25, 0.3) is 11.5 Å². The standard InChI is InChI=1S/C23H32F3N6P/c1-4-5-6-8-17(13-33)15(3)28-22-31-20(18-9-7-10-19(29-18)23(24,25)26)30-21(32-22)27-14(2)16-11-12-16/h4,7,9-10,14-17H,1,5-6,8,11-13,33H2,2-3H3,(H2,27,28,30,31,32)/t14-,15?,17?/m1/s1. The Bertz CT molecular complexity index is 935. The van der Waals surface area contributed by atoms with Gasteiger partial charge in [-0.1, -0.05) is 12.1 Å². The lowest BCUT2D eigenvalue weighted by atomic mass is 9.97. The molecule has 2 aromatic heterocycles. The van der Waals surface area contributed by atoms with Crippen LogP contribution in [0, 0.1) is 11.8 Å². The fourth-order valence-corrected chi connectivity index (χ4v) is 4.32. The van der Waals surface area contributed by atoms with E-state index in [9.17, 15) is 13.2 Å². The average Bonchev–Trinajstić information content (AvgIpc) is 3.62. The fourth-order valence-electron chi connectivity index (χ4n) is 3.67. The maximum absolute atomic E-state index is 13.2. The number of aromatic nitrogens is 4. The number of pyridine rings is 1. The third kappa shape index (κ3) is 7.36. The highest BCUT2D eigenvalue weighted by Crippen LogP contribution is 2.34. The van der Waals surface area contributed by atoms with Gasteiger partial charge in [-0.2, -0.15) is 28.1 Å². The molecule has 0 aromatic carbocycles. The summed E-state index contributed by atoms with van der Waals surface area (Å²) >= 11 is 0. The van der Waals surface area contributed by atoms with Gasteiger partial charge < -0.3 is 10.6 Å². The van der Waals surface area contributed by atoms with Crippen LogP contribution in [0.15, 0.2) is 30.9 Å². The first-order valence-corrected chi connectivity index (χ1v) is 12.2. The number of hydrogen-bond acceptors (Lipinski definition) is 6. The van der Waals surface area contributed by atoms with Gasteiger partial charge in [0.25, 0.3) is 0 Å². The summed E-state index contributed by atoms with van der Waals surface area (Å²) in [7, 11) is 2.78. The van der Waals surface area contributed by atoms with Gasteiger partial charge in [0, 0.05) is 12.1 Å². The van der Waals surface area contributed by atoms with Crippen LogP contribution in [-0.4, -0.2) is 38.2 Å². The molecule has 1 saturated carbocycles. The van der Waals surface area contributed by atoms with Crippen molar-refractivity contribution in [2.45, 2.75) is 64.2 Å². The number of halogens is 3. The summed E-state index contributed by atoms with van der Waals surface area (Å²) in [5, 5.41) is 6.63. The minimum Gasteiger partial charge on any atom is -0.351 e. The van der Waals surface area contributed by atoms with E-state index < -0.39 is 11.9 Å². The first kappa shape index (κ1) is 25.3. The minimum absolute atomic E-state index is 0.0543. The molecule has 1 fully saturated rings. The Morgan fingerprint density at radius 3 is 2.42 bits per heavy atom. The number of anilines is 2. The van der Waals surface area contributed by atoms with Crippen molar-refractivity contribution >= 4 is 21.1 Å². The highest BCUT2D eigenvalue weighted by molar-refractivity contribution is 7.16. The number of nitrogens with zero attached hydrogens (tertiary/aromatic N) is 4. The summed E-state index contributed by atoms with van der Waals surface area (Å²) in [5.74, 6) is 1.68. The van der Waals surface area contributed by atoms with E-state index in [2.05, 4.69) is 60.2 Å². The predicted molar refractivity (Wildman–Crippen MR) is 129 cm³/mol. The number of alkyl halides is 3. The third-order valence-electron chi connectivity index (χ3n) is 5.94. The quantitative estimate of drug-likeness (QED) is 0.227.